The van der Waals surface area contributed by atoms with Crippen LogP contribution in [0.2, 0.25) is 0 Å². The molecule has 1 saturated carbocycles. The zero-order chi connectivity index (χ0) is 28.1. The molecule has 1 aromatic heterocycles. The van der Waals surface area contributed by atoms with Crippen LogP contribution in [0.3, 0.4) is 0 Å². The zero-order valence-electron chi connectivity index (χ0n) is 23.4. The van der Waals surface area contributed by atoms with Crippen molar-refractivity contribution in [2.75, 3.05) is 11.9 Å². The second-order valence-electron chi connectivity index (χ2n) is 10.8. The van der Waals surface area contributed by atoms with E-state index in [2.05, 4.69) is 35.0 Å². The fraction of sp³-hybridized carbons (Fsp3) is 0.364. The molecule has 0 bridgehead atoms. The Morgan fingerprint density at radius 3 is 2.50 bits per heavy atom. The third-order valence-electron chi connectivity index (χ3n) is 7.95. The molecule has 0 atom stereocenters. The number of anilines is 1. The van der Waals surface area contributed by atoms with Crippen molar-refractivity contribution in [2.24, 2.45) is 0 Å². The first-order valence-corrected chi connectivity index (χ1v) is 14.4. The monoisotopic (exact) mass is 538 g/mol. The Balaban J connectivity index is 1.42. The number of fused-ring (bicyclic) bond motifs is 1. The normalized spacial score (nSPS) is 13.8. The van der Waals surface area contributed by atoms with E-state index in [-0.39, 0.29) is 12.1 Å². The minimum Gasteiger partial charge on any atom is -0.478 e. The Labute approximate surface area is 235 Å². The van der Waals surface area contributed by atoms with Crippen LogP contribution in [0.25, 0.3) is 22.2 Å². The lowest BCUT2D eigenvalue weighted by Gasteiger charge is -2.26. The molecular formula is C33H38N4O3. The van der Waals surface area contributed by atoms with Crippen LogP contribution in [-0.4, -0.2) is 39.7 Å². The molecule has 3 aromatic carbocycles. The van der Waals surface area contributed by atoms with Gasteiger partial charge in [0.1, 0.15) is 5.82 Å². The predicted molar refractivity (Wildman–Crippen MR) is 160 cm³/mol. The fourth-order valence-electron chi connectivity index (χ4n) is 5.60. The first-order chi connectivity index (χ1) is 19.4. The van der Waals surface area contributed by atoms with Crippen molar-refractivity contribution < 1.29 is 14.7 Å². The van der Waals surface area contributed by atoms with Crippen LogP contribution >= 0.6 is 0 Å². The predicted octanol–water partition coefficient (Wildman–Crippen LogP) is 7.27. The van der Waals surface area contributed by atoms with Gasteiger partial charge in [0.15, 0.2) is 0 Å². The summed E-state index contributed by atoms with van der Waals surface area (Å²) in [6, 6.07) is 21.4. The number of aromatic nitrogens is 2. The lowest BCUT2D eigenvalue weighted by atomic mass is 9.96. The third kappa shape index (κ3) is 6.03. The minimum absolute atomic E-state index is 0.0687. The summed E-state index contributed by atoms with van der Waals surface area (Å²) in [5.41, 5.74) is 5.73. The second-order valence-corrected chi connectivity index (χ2v) is 10.8. The van der Waals surface area contributed by atoms with Gasteiger partial charge in [0.25, 0.3) is 0 Å². The van der Waals surface area contributed by atoms with Crippen molar-refractivity contribution in [1.29, 1.82) is 0 Å². The summed E-state index contributed by atoms with van der Waals surface area (Å²) in [7, 11) is 1.83. The Morgan fingerprint density at radius 2 is 1.77 bits per heavy atom. The largest absolute Gasteiger partial charge is 0.478 e. The molecule has 5 rings (SSSR count). The zero-order valence-corrected chi connectivity index (χ0v) is 23.4. The fourth-order valence-corrected chi connectivity index (χ4v) is 5.60. The van der Waals surface area contributed by atoms with Crippen LogP contribution in [0.4, 0.5) is 10.5 Å². The highest BCUT2D eigenvalue weighted by atomic mass is 16.4. The number of carboxylic acid groups (broad SMARTS) is 1. The van der Waals surface area contributed by atoms with Crippen molar-refractivity contribution in [2.45, 2.75) is 70.9 Å². The molecule has 40 heavy (non-hydrogen) atoms. The van der Waals surface area contributed by atoms with E-state index in [1.807, 2.05) is 43.4 Å². The van der Waals surface area contributed by atoms with E-state index >= 15 is 0 Å². The first kappa shape index (κ1) is 27.4. The summed E-state index contributed by atoms with van der Waals surface area (Å²) in [5.74, 6) is 0.0990. The quantitative estimate of drug-likeness (QED) is 0.235. The lowest BCUT2D eigenvalue weighted by Crippen LogP contribution is -2.43. The Kier molecular flexibility index (Phi) is 8.48. The van der Waals surface area contributed by atoms with Gasteiger partial charge in [0, 0.05) is 31.7 Å². The summed E-state index contributed by atoms with van der Waals surface area (Å²) in [6.07, 6.45) is 8.70. The van der Waals surface area contributed by atoms with E-state index in [0.29, 0.717) is 17.7 Å². The number of benzene rings is 3. The number of aryl methyl sites for hydroxylation is 1. The number of nitrogens with zero attached hydrogens (tertiary/aromatic N) is 3. The number of amides is 2. The molecule has 1 fully saturated rings. The van der Waals surface area contributed by atoms with E-state index < -0.39 is 5.97 Å². The van der Waals surface area contributed by atoms with Gasteiger partial charge in [-0.1, -0.05) is 75.1 Å². The molecule has 0 saturated heterocycles. The maximum absolute atomic E-state index is 13.0. The van der Waals surface area contributed by atoms with Crippen LogP contribution in [0, 0.1) is 0 Å². The number of aromatic carboxylic acids is 1. The standard InChI is InChI=1S/C33H38N4O3/c1-3-4-14-31-35-29-20-19-26(36(2)33(40)34-25-10-6-5-7-11-25)21-30(29)37(31)22-23-15-17-24(18-16-23)27-12-8-9-13-28(27)32(38)39/h8-9,12-13,15-21,25H,3-7,10-11,14,22H2,1-2H3,(H,34,40)(H,38,39). The van der Waals surface area contributed by atoms with Gasteiger partial charge in [-0.05, 0) is 60.2 Å². The molecule has 0 unspecified atom stereocenters. The number of hydrogen-bond acceptors (Lipinski definition) is 3. The molecule has 0 aliphatic heterocycles. The smallest absolute Gasteiger partial charge is 0.336 e. The first-order valence-electron chi connectivity index (χ1n) is 14.4. The van der Waals surface area contributed by atoms with Gasteiger partial charge < -0.3 is 15.0 Å². The van der Waals surface area contributed by atoms with Crippen molar-refractivity contribution in [1.82, 2.24) is 14.9 Å². The Morgan fingerprint density at radius 1 is 1.02 bits per heavy atom. The van der Waals surface area contributed by atoms with E-state index in [1.165, 1.54) is 19.3 Å². The van der Waals surface area contributed by atoms with E-state index in [0.717, 1.165) is 65.8 Å². The molecule has 1 aliphatic rings. The average Bonchev–Trinajstić information content (AvgIpc) is 3.32. The third-order valence-corrected chi connectivity index (χ3v) is 7.95. The molecule has 7 nitrogen and oxygen atoms in total. The maximum Gasteiger partial charge on any atom is 0.336 e. The Hall–Kier alpha value is -4.13. The number of urea groups is 1. The van der Waals surface area contributed by atoms with Gasteiger partial charge in [0.05, 0.1) is 16.6 Å². The highest BCUT2D eigenvalue weighted by molar-refractivity contribution is 5.96. The number of carbonyl (C=O) groups is 2. The lowest BCUT2D eigenvalue weighted by molar-refractivity contribution is 0.0697. The second kappa shape index (κ2) is 12.4. The number of imidazole rings is 1. The van der Waals surface area contributed by atoms with Crippen LogP contribution in [-0.2, 0) is 13.0 Å². The van der Waals surface area contributed by atoms with E-state index in [4.69, 9.17) is 4.98 Å². The van der Waals surface area contributed by atoms with Crippen molar-refractivity contribution >= 4 is 28.7 Å². The number of nitrogens with one attached hydrogen (secondary N) is 1. The molecule has 2 amide bonds. The molecule has 1 heterocycles. The van der Waals surface area contributed by atoms with Gasteiger partial charge >= 0.3 is 12.0 Å². The van der Waals surface area contributed by atoms with Crippen molar-refractivity contribution in [3.8, 4) is 11.1 Å². The summed E-state index contributed by atoms with van der Waals surface area (Å²) in [5, 5.41) is 12.8. The summed E-state index contributed by atoms with van der Waals surface area (Å²) >= 11 is 0. The van der Waals surface area contributed by atoms with Gasteiger partial charge in [-0.3, -0.25) is 4.90 Å². The van der Waals surface area contributed by atoms with Crippen molar-refractivity contribution in [3.05, 3.63) is 83.7 Å². The highest BCUT2D eigenvalue weighted by Gasteiger charge is 2.20. The molecule has 0 radical (unpaired) electrons. The van der Waals surface area contributed by atoms with Crippen LogP contribution in [0.1, 0.15) is 73.6 Å². The molecule has 4 aromatic rings. The number of unbranched alkanes of at least 4 members (excludes halogenated alkanes) is 1. The highest BCUT2D eigenvalue weighted by Crippen LogP contribution is 2.28. The van der Waals surface area contributed by atoms with E-state index in [1.54, 1.807) is 17.0 Å². The summed E-state index contributed by atoms with van der Waals surface area (Å²) in [4.78, 5) is 31.4. The Bertz CT molecular complexity index is 1490. The number of carboxylic acids is 1. The van der Waals surface area contributed by atoms with Gasteiger partial charge in [-0.25, -0.2) is 14.6 Å². The topological polar surface area (TPSA) is 87.5 Å². The van der Waals surface area contributed by atoms with E-state index in [9.17, 15) is 14.7 Å². The molecular weight excluding hydrogens is 500 g/mol. The van der Waals surface area contributed by atoms with Crippen LogP contribution in [0.15, 0.2) is 66.7 Å². The summed E-state index contributed by atoms with van der Waals surface area (Å²) in [6.45, 7) is 2.82. The molecule has 0 spiro atoms. The van der Waals surface area contributed by atoms with Gasteiger partial charge in [-0.2, -0.15) is 0 Å². The molecule has 7 heteroatoms. The number of rotatable bonds is 9. The average molecular weight is 539 g/mol. The molecule has 2 N–H and O–H groups in total. The maximum atomic E-state index is 13.0. The summed E-state index contributed by atoms with van der Waals surface area (Å²) < 4.78 is 2.25. The van der Waals surface area contributed by atoms with Gasteiger partial charge in [-0.15, -0.1) is 0 Å². The van der Waals surface area contributed by atoms with Gasteiger partial charge in [0.2, 0.25) is 0 Å². The molecule has 1 aliphatic carbocycles. The van der Waals surface area contributed by atoms with Crippen molar-refractivity contribution in [3.63, 3.8) is 0 Å². The number of hydrogen-bond donors (Lipinski definition) is 2. The van der Waals surface area contributed by atoms with Crippen LogP contribution < -0.4 is 10.2 Å². The minimum atomic E-state index is -0.932. The SMILES string of the molecule is CCCCc1nc2ccc(N(C)C(=O)NC3CCCCC3)cc2n1Cc1ccc(-c2ccccc2C(=O)O)cc1. The molecule has 208 valence electrons. The van der Waals surface area contributed by atoms with Crippen LogP contribution in [0.5, 0.6) is 0 Å². The number of carbonyl (C=O) groups excluding carboxylic acids is 1.